The molecule has 0 radical (unpaired) electrons. The topological polar surface area (TPSA) is 67.4 Å². The molecule has 0 spiro atoms. The van der Waals surface area contributed by atoms with Gasteiger partial charge in [0, 0.05) is 32.1 Å². The van der Waals surface area contributed by atoms with E-state index in [2.05, 4.69) is 15.4 Å². The second kappa shape index (κ2) is 8.91. The molecule has 0 atom stereocenters. The lowest BCUT2D eigenvalue weighted by Gasteiger charge is -2.04. The molecule has 2 N–H and O–H groups in total. The van der Waals surface area contributed by atoms with Crippen molar-refractivity contribution in [3.8, 4) is 0 Å². The summed E-state index contributed by atoms with van der Waals surface area (Å²) >= 11 is 0. The Balaban J connectivity index is 3.72. The third kappa shape index (κ3) is 7.00. The van der Waals surface area contributed by atoms with Crippen LogP contribution in [0.4, 0.5) is 0 Å². The van der Waals surface area contributed by atoms with Crippen LogP contribution in [0.5, 0.6) is 0 Å². The lowest BCUT2D eigenvalue weighted by atomic mass is 10.2. The highest BCUT2D eigenvalue weighted by molar-refractivity contribution is 5.88. The first-order valence-electron chi connectivity index (χ1n) is 5.34. The standard InChI is InChI=1S/C11H20N2O3/c1-4-10(11(15)16-3)5-6-12-7-8-13-9(2)14/h5,12H,4,6-8H2,1-3H3,(H,13,14). The predicted octanol–water partition coefficient (Wildman–Crippen LogP) is 0.222. The maximum atomic E-state index is 11.2. The normalized spacial score (nSPS) is 11.1. The number of esters is 1. The van der Waals surface area contributed by atoms with Gasteiger partial charge in [-0.15, -0.1) is 0 Å². The molecule has 0 rings (SSSR count). The number of carbonyl (C=O) groups excluding carboxylic acids is 2. The maximum absolute atomic E-state index is 11.2. The van der Waals surface area contributed by atoms with Gasteiger partial charge in [0.2, 0.25) is 5.91 Å². The Hall–Kier alpha value is -1.36. The van der Waals surface area contributed by atoms with Gasteiger partial charge in [0.05, 0.1) is 7.11 Å². The highest BCUT2D eigenvalue weighted by Gasteiger charge is 2.05. The number of rotatable bonds is 7. The zero-order chi connectivity index (χ0) is 12.4. The van der Waals surface area contributed by atoms with Crippen LogP contribution >= 0.6 is 0 Å². The maximum Gasteiger partial charge on any atom is 0.333 e. The van der Waals surface area contributed by atoms with Gasteiger partial charge < -0.3 is 15.4 Å². The van der Waals surface area contributed by atoms with E-state index in [-0.39, 0.29) is 11.9 Å². The van der Waals surface area contributed by atoms with E-state index in [0.29, 0.717) is 31.6 Å². The molecule has 0 fully saturated rings. The molecule has 0 unspecified atom stereocenters. The molecular formula is C11H20N2O3. The summed E-state index contributed by atoms with van der Waals surface area (Å²) in [7, 11) is 1.37. The number of methoxy groups -OCH3 is 1. The van der Waals surface area contributed by atoms with Crippen LogP contribution in [0.3, 0.4) is 0 Å². The molecule has 92 valence electrons. The summed E-state index contributed by atoms with van der Waals surface area (Å²) in [5.41, 5.74) is 0.662. The summed E-state index contributed by atoms with van der Waals surface area (Å²) in [5.74, 6) is -0.327. The lowest BCUT2D eigenvalue weighted by molar-refractivity contribution is -0.136. The molecule has 0 aliphatic rings. The first-order valence-corrected chi connectivity index (χ1v) is 5.34. The number of carbonyl (C=O) groups is 2. The molecule has 5 heteroatoms. The van der Waals surface area contributed by atoms with Crippen molar-refractivity contribution in [1.29, 1.82) is 0 Å². The van der Waals surface area contributed by atoms with E-state index in [9.17, 15) is 9.59 Å². The van der Waals surface area contributed by atoms with Crippen molar-refractivity contribution in [1.82, 2.24) is 10.6 Å². The number of amides is 1. The minimum atomic E-state index is -0.286. The van der Waals surface area contributed by atoms with Crippen LogP contribution in [0.25, 0.3) is 0 Å². The average Bonchev–Trinajstić information content (AvgIpc) is 2.27. The molecule has 0 bridgehead atoms. The average molecular weight is 228 g/mol. The second-order valence-corrected chi connectivity index (χ2v) is 3.26. The van der Waals surface area contributed by atoms with Crippen molar-refractivity contribution in [2.24, 2.45) is 0 Å². The van der Waals surface area contributed by atoms with E-state index in [1.807, 2.05) is 6.92 Å². The predicted molar refractivity (Wildman–Crippen MR) is 61.9 cm³/mol. The molecule has 0 aliphatic heterocycles. The number of hydrogen-bond donors (Lipinski definition) is 2. The molecule has 16 heavy (non-hydrogen) atoms. The summed E-state index contributed by atoms with van der Waals surface area (Å²) in [4.78, 5) is 21.7. The molecule has 0 aliphatic carbocycles. The van der Waals surface area contributed by atoms with Crippen molar-refractivity contribution in [3.63, 3.8) is 0 Å². The summed E-state index contributed by atoms with van der Waals surface area (Å²) in [5, 5.41) is 5.75. The van der Waals surface area contributed by atoms with Gasteiger partial charge in [-0.05, 0) is 6.42 Å². The van der Waals surface area contributed by atoms with Crippen LogP contribution in [0.1, 0.15) is 20.3 Å². The molecule has 1 amide bonds. The van der Waals surface area contributed by atoms with Gasteiger partial charge in [-0.2, -0.15) is 0 Å². The highest BCUT2D eigenvalue weighted by atomic mass is 16.5. The smallest absolute Gasteiger partial charge is 0.333 e. The quantitative estimate of drug-likeness (QED) is 0.371. The van der Waals surface area contributed by atoms with Gasteiger partial charge in [0.15, 0.2) is 0 Å². The monoisotopic (exact) mass is 228 g/mol. The van der Waals surface area contributed by atoms with Crippen LogP contribution in [-0.4, -0.2) is 38.6 Å². The van der Waals surface area contributed by atoms with E-state index in [1.165, 1.54) is 14.0 Å². The molecule has 0 aromatic carbocycles. The fourth-order valence-electron chi connectivity index (χ4n) is 1.13. The summed E-state index contributed by atoms with van der Waals surface area (Å²) in [6.07, 6.45) is 2.46. The zero-order valence-electron chi connectivity index (χ0n) is 10.1. The first-order chi connectivity index (χ1) is 7.61. The van der Waals surface area contributed by atoms with E-state index in [4.69, 9.17) is 0 Å². The fourth-order valence-corrected chi connectivity index (χ4v) is 1.13. The molecule has 5 nitrogen and oxygen atoms in total. The Morgan fingerprint density at radius 1 is 1.31 bits per heavy atom. The molecule has 0 saturated carbocycles. The SMILES string of the molecule is CCC(=CCNCCNC(C)=O)C(=O)OC. The lowest BCUT2D eigenvalue weighted by Crippen LogP contribution is -2.30. The van der Waals surface area contributed by atoms with Crippen molar-refractivity contribution in [3.05, 3.63) is 11.6 Å². The summed E-state index contributed by atoms with van der Waals surface area (Å²) in [6.45, 7) is 5.24. The van der Waals surface area contributed by atoms with Crippen molar-refractivity contribution in [2.45, 2.75) is 20.3 Å². The van der Waals surface area contributed by atoms with Crippen molar-refractivity contribution < 1.29 is 14.3 Å². The highest BCUT2D eigenvalue weighted by Crippen LogP contribution is 2.01. The van der Waals surface area contributed by atoms with Gasteiger partial charge in [-0.3, -0.25) is 4.79 Å². The summed E-state index contributed by atoms with van der Waals surface area (Å²) in [6, 6.07) is 0. The van der Waals surface area contributed by atoms with Crippen LogP contribution in [0, 0.1) is 0 Å². The second-order valence-electron chi connectivity index (χ2n) is 3.26. The minimum Gasteiger partial charge on any atom is -0.466 e. The van der Waals surface area contributed by atoms with E-state index >= 15 is 0 Å². The number of hydrogen-bond acceptors (Lipinski definition) is 4. The van der Waals surface area contributed by atoms with Gasteiger partial charge >= 0.3 is 5.97 Å². The van der Waals surface area contributed by atoms with Crippen molar-refractivity contribution in [2.75, 3.05) is 26.7 Å². The van der Waals surface area contributed by atoms with Gasteiger partial charge in [-0.1, -0.05) is 13.0 Å². The number of ether oxygens (including phenoxy) is 1. The van der Waals surface area contributed by atoms with Crippen LogP contribution < -0.4 is 10.6 Å². The fraction of sp³-hybridized carbons (Fsp3) is 0.636. The van der Waals surface area contributed by atoms with E-state index < -0.39 is 0 Å². The molecule has 0 heterocycles. The third-order valence-corrected chi connectivity index (χ3v) is 2.00. The Bertz CT molecular complexity index is 262. The Kier molecular flexibility index (Phi) is 8.15. The third-order valence-electron chi connectivity index (χ3n) is 2.00. The van der Waals surface area contributed by atoms with Crippen molar-refractivity contribution >= 4 is 11.9 Å². The Labute approximate surface area is 96.2 Å². The van der Waals surface area contributed by atoms with E-state index in [1.54, 1.807) is 6.08 Å². The van der Waals surface area contributed by atoms with E-state index in [0.717, 1.165) is 0 Å². The number of nitrogens with one attached hydrogen (secondary N) is 2. The molecule has 0 aromatic rings. The molecule has 0 saturated heterocycles. The summed E-state index contributed by atoms with van der Waals surface area (Å²) < 4.78 is 4.62. The molecule has 0 aromatic heterocycles. The minimum absolute atomic E-state index is 0.0406. The Morgan fingerprint density at radius 2 is 2.00 bits per heavy atom. The zero-order valence-corrected chi connectivity index (χ0v) is 10.1. The Morgan fingerprint density at radius 3 is 2.50 bits per heavy atom. The van der Waals surface area contributed by atoms with Crippen LogP contribution in [-0.2, 0) is 14.3 Å². The van der Waals surface area contributed by atoms with Gasteiger partial charge in [-0.25, -0.2) is 4.79 Å². The van der Waals surface area contributed by atoms with Crippen LogP contribution in [0.2, 0.25) is 0 Å². The largest absolute Gasteiger partial charge is 0.466 e. The van der Waals surface area contributed by atoms with Gasteiger partial charge in [0.25, 0.3) is 0 Å². The van der Waals surface area contributed by atoms with Gasteiger partial charge in [0.1, 0.15) is 0 Å². The first kappa shape index (κ1) is 14.6. The van der Waals surface area contributed by atoms with Crippen LogP contribution in [0.15, 0.2) is 11.6 Å². The molecular weight excluding hydrogens is 208 g/mol.